The maximum absolute atomic E-state index is 12.0. The lowest BCUT2D eigenvalue weighted by Crippen LogP contribution is -2.30. The van der Waals surface area contributed by atoms with Gasteiger partial charge in [0.05, 0.1) is 23.7 Å². The van der Waals surface area contributed by atoms with Crippen LogP contribution in [0.15, 0.2) is 33.2 Å². The first-order valence-corrected chi connectivity index (χ1v) is 8.36. The molecule has 26 heavy (non-hydrogen) atoms. The highest BCUT2D eigenvalue weighted by molar-refractivity contribution is 6.36. The maximum atomic E-state index is 12.0. The van der Waals surface area contributed by atoms with Gasteiger partial charge in [0.25, 0.3) is 0 Å². The zero-order valence-electron chi connectivity index (χ0n) is 14.0. The lowest BCUT2D eigenvalue weighted by Gasteiger charge is -2.12. The van der Waals surface area contributed by atoms with E-state index >= 15 is 0 Å². The molecule has 0 aliphatic carbocycles. The number of carbonyl (C=O) groups is 1. The van der Waals surface area contributed by atoms with Crippen LogP contribution in [0.5, 0.6) is 0 Å². The molecule has 2 aromatic heterocycles. The topological polar surface area (TPSA) is 97.3 Å². The van der Waals surface area contributed by atoms with Crippen LogP contribution in [0.25, 0.3) is 11.5 Å². The van der Waals surface area contributed by atoms with E-state index in [1.165, 1.54) is 0 Å². The number of carbonyl (C=O) groups excluding carboxylic acids is 1. The average molecular weight is 396 g/mol. The third-order valence-corrected chi connectivity index (χ3v) is 3.89. The second-order valence-corrected chi connectivity index (χ2v) is 6.51. The first-order chi connectivity index (χ1) is 12.4. The van der Waals surface area contributed by atoms with Crippen LogP contribution < -0.4 is 5.32 Å². The molecule has 0 aliphatic heterocycles. The summed E-state index contributed by atoms with van der Waals surface area (Å²) >= 11 is 12.0. The Kier molecular flexibility index (Phi) is 5.55. The normalized spacial score (nSPS) is 11.1. The minimum Gasteiger partial charge on any atom is -0.419 e. The molecule has 1 amide bonds. The summed E-state index contributed by atoms with van der Waals surface area (Å²) in [6.45, 7) is 2.16. The molecule has 3 rings (SSSR count). The van der Waals surface area contributed by atoms with Crippen molar-refractivity contribution in [2.75, 3.05) is 18.9 Å². The Morgan fingerprint density at radius 1 is 1.27 bits per heavy atom. The lowest BCUT2D eigenvalue weighted by atomic mass is 10.2. The fourth-order valence-corrected chi connectivity index (χ4v) is 2.72. The van der Waals surface area contributed by atoms with Crippen LogP contribution >= 0.6 is 23.2 Å². The fourth-order valence-electron chi connectivity index (χ4n) is 2.23. The average Bonchev–Trinajstić information content (AvgIpc) is 3.16. The van der Waals surface area contributed by atoms with Crippen LogP contribution in [0.4, 0.5) is 5.82 Å². The van der Waals surface area contributed by atoms with E-state index in [0.717, 1.165) is 0 Å². The Balaban J connectivity index is 1.58. The molecular formula is C16H15Cl2N5O3. The minimum atomic E-state index is -0.235. The number of hydrogen-bond donors (Lipinski definition) is 1. The molecule has 136 valence electrons. The Hall–Kier alpha value is -2.42. The molecule has 10 heteroatoms. The second kappa shape index (κ2) is 7.86. The van der Waals surface area contributed by atoms with Gasteiger partial charge in [-0.05, 0) is 32.2 Å². The van der Waals surface area contributed by atoms with Gasteiger partial charge in [0.1, 0.15) is 5.76 Å². The molecule has 1 aromatic carbocycles. The fraction of sp³-hybridized carbons (Fsp3) is 0.250. The number of anilines is 1. The van der Waals surface area contributed by atoms with Gasteiger partial charge >= 0.3 is 0 Å². The second-order valence-electron chi connectivity index (χ2n) is 5.67. The van der Waals surface area contributed by atoms with Gasteiger partial charge < -0.3 is 14.3 Å². The van der Waals surface area contributed by atoms with Crippen LogP contribution in [-0.2, 0) is 11.3 Å². The van der Waals surface area contributed by atoms with E-state index in [2.05, 4.69) is 20.7 Å². The molecule has 0 unspecified atom stereocenters. The van der Waals surface area contributed by atoms with E-state index in [9.17, 15) is 4.79 Å². The third kappa shape index (κ3) is 4.60. The molecule has 0 saturated heterocycles. The van der Waals surface area contributed by atoms with Crippen molar-refractivity contribution in [3.05, 3.63) is 46.0 Å². The van der Waals surface area contributed by atoms with E-state index in [-0.39, 0.29) is 18.3 Å². The summed E-state index contributed by atoms with van der Waals surface area (Å²) in [5.74, 6) is 1.41. The number of benzene rings is 1. The van der Waals surface area contributed by atoms with Gasteiger partial charge in [-0.3, -0.25) is 9.69 Å². The maximum Gasteiger partial charge on any atom is 0.249 e. The van der Waals surface area contributed by atoms with Crippen molar-refractivity contribution < 1.29 is 13.7 Å². The van der Waals surface area contributed by atoms with E-state index in [0.29, 0.717) is 39.6 Å². The SMILES string of the molecule is Cc1cc(NC(=O)CN(C)Cc2nnc(-c3ccc(Cl)cc3Cl)o2)no1. The minimum absolute atomic E-state index is 0.116. The summed E-state index contributed by atoms with van der Waals surface area (Å²) in [7, 11) is 1.76. The lowest BCUT2D eigenvalue weighted by molar-refractivity contribution is -0.117. The number of halogens is 2. The molecule has 0 aliphatic rings. The van der Waals surface area contributed by atoms with Crippen molar-refractivity contribution in [2.45, 2.75) is 13.5 Å². The number of aromatic nitrogens is 3. The molecule has 0 atom stereocenters. The number of nitrogens with zero attached hydrogens (tertiary/aromatic N) is 4. The van der Waals surface area contributed by atoms with Gasteiger partial charge in [-0.15, -0.1) is 10.2 Å². The zero-order chi connectivity index (χ0) is 18.7. The Morgan fingerprint density at radius 3 is 2.77 bits per heavy atom. The van der Waals surface area contributed by atoms with Gasteiger partial charge in [0.2, 0.25) is 17.7 Å². The summed E-state index contributed by atoms with van der Waals surface area (Å²) in [6, 6.07) is 6.64. The molecular weight excluding hydrogens is 381 g/mol. The largest absolute Gasteiger partial charge is 0.419 e. The van der Waals surface area contributed by atoms with Crippen LogP contribution in [0.2, 0.25) is 10.0 Å². The number of rotatable bonds is 6. The number of hydrogen-bond acceptors (Lipinski definition) is 7. The zero-order valence-corrected chi connectivity index (χ0v) is 15.5. The van der Waals surface area contributed by atoms with Crippen molar-refractivity contribution >= 4 is 34.9 Å². The highest BCUT2D eigenvalue weighted by Crippen LogP contribution is 2.29. The summed E-state index contributed by atoms with van der Waals surface area (Å²) in [5, 5.41) is 15.3. The van der Waals surface area contributed by atoms with Gasteiger partial charge in [0.15, 0.2) is 5.82 Å². The van der Waals surface area contributed by atoms with Crippen LogP contribution in [0.3, 0.4) is 0 Å². The predicted octanol–water partition coefficient (Wildman–Crippen LogP) is 3.41. The summed E-state index contributed by atoms with van der Waals surface area (Å²) < 4.78 is 10.5. The van der Waals surface area contributed by atoms with Crippen molar-refractivity contribution in [1.82, 2.24) is 20.3 Å². The monoisotopic (exact) mass is 395 g/mol. The third-order valence-electron chi connectivity index (χ3n) is 3.34. The number of aryl methyl sites for hydroxylation is 1. The van der Waals surface area contributed by atoms with Gasteiger partial charge in [-0.1, -0.05) is 28.4 Å². The summed E-state index contributed by atoms with van der Waals surface area (Å²) in [5.41, 5.74) is 0.594. The molecule has 0 radical (unpaired) electrons. The molecule has 8 nitrogen and oxygen atoms in total. The van der Waals surface area contributed by atoms with Crippen LogP contribution in [0, 0.1) is 6.92 Å². The smallest absolute Gasteiger partial charge is 0.249 e. The quantitative estimate of drug-likeness (QED) is 0.682. The highest BCUT2D eigenvalue weighted by Gasteiger charge is 2.15. The Labute approximate surface area is 159 Å². The summed E-state index contributed by atoms with van der Waals surface area (Å²) in [4.78, 5) is 13.7. The van der Waals surface area contributed by atoms with E-state index in [1.807, 2.05) is 0 Å². The van der Waals surface area contributed by atoms with Gasteiger partial charge in [-0.25, -0.2) is 0 Å². The van der Waals surface area contributed by atoms with Crippen molar-refractivity contribution in [3.63, 3.8) is 0 Å². The number of nitrogens with one attached hydrogen (secondary N) is 1. The van der Waals surface area contributed by atoms with Crippen molar-refractivity contribution in [1.29, 1.82) is 0 Å². The van der Waals surface area contributed by atoms with Gasteiger partial charge in [-0.2, -0.15) is 0 Å². The first kappa shape index (κ1) is 18.4. The predicted molar refractivity (Wildman–Crippen MR) is 96.0 cm³/mol. The molecule has 2 heterocycles. The molecule has 1 N–H and O–H groups in total. The molecule has 0 bridgehead atoms. The Morgan fingerprint density at radius 2 is 2.08 bits per heavy atom. The number of likely N-dealkylation sites (N-methyl/N-ethyl adjacent to an activating group) is 1. The van der Waals surface area contributed by atoms with Gasteiger partial charge in [0, 0.05) is 11.1 Å². The molecule has 3 aromatic rings. The van der Waals surface area contributed by atoms with E-state index < -0.39 is 0 Å². The van der Waals surface area contributed by atoms with Crippen molar-refractivity contribution in [3.8, 4) is 11.5 Å². The molecule has 0 spiro atoms. The standard InChI is InChI=1S/C16H15Cl2N5O3/c1-9-5-13(22-26-9)19-14(24)7-23(2)8-15-20-21-16(25-15)11-4-3-10(17)6-12(11)18/h3-6H,7-8H2,1-2H3,(H,19,22,24). The van der Waals surface area contributed by atoms with Crippen LogP contribution in [0.1, 0.15) is 11.7 Å². The van der Waals surface area contributed by atoms with Crippen LogP contribution in [-0.4, -0.2) is 39.8 Å². The number of amides is 1. The van der Waals surface area contributed by atoms with E-state index in [1.54, 1.807) is 43.1 Å². The Bertz CT molecular complexity index is 924. The molecule has 0 saturated carbocycles. The van der Waals surface area contributed by atoms with Crippen molar-refractivity contribution in [2.24, 2.45) is 0 Å². The highest BCUT2D eigenvalue weighted by atomic mass is 35.5. The summed E-state index contributed by atoms with van der Waals surface area (Å²) in [6.07, 6.45) is 0. The first-order valence-electron chi connectivity index (χ1n) is 7.60. The molecule has 0 fully saturated rings. The van der Waals surface area contributed by atoms with E-state index in [4.69, 9.17) is 32.1 Å².